The van der Waals surface area contributed by atoms with Crippen molar-refractivity contribution < 1.29 is 23.7 Å². The number of pyridine rings is 1. The molecule has 6 rings (SSSR count). The maximum Gasteiger partial charge on any atom is 0.256 e. The van der Waals surface area contributed by atoms with E-state index in [1.165, 1.54) is 0 Å². The number of amides is 1. The summed E-state index contributed by atoms with van der Waals surface area (Å²) in [6.45, 7) is 3.42. The molecule has 1 amide bonds. The summed E-state index contributed by atoms with van der Waals surface area (Å²) in [6.07, 6.45) is 8.09. The number of hydrogen-bond acceptors (Lipinski definition) is 6. The Labute approximate surface area is 276 Å². The second-order valence-corrected chi connectivity index (χ2v) is 11.4. The van der Waals surface area contributed by atoms with Gasteiger partial charge in [0.25, 0.3) is 5.91 Å². The molecule has 0 bridgehead atoms. The molecule has 1 aliphatic rings. The van der Waals surface area contributed by atoms with Crippen molar-refractivity contribution in [1.82, 2.24) is 9.88 Å². The molecule has 0 saturated heterocycles. The van der Waals surface area contributed by atoms with Crippen LogP contribution in [0, 0.1) is 6.92 Å². The number of methoxy groups -OCH3 is 2. The second-order valence-electron chi connectivity index (χ2n) is 11.4. The van der Waals surface area contributed by atoms with Crippen LogP contribution in [0.2, 0.25) is 0 Å². The number of carbonyl (C=O) groups is 1. The van der Waals surface area contributed by atoms with Crippen molar-refractivity contribution >= 4 is 12.0 Å². The molecule has 47 heavy (non-hydrogen) atoms. The number of hydrogen-bond donors (Lipinski definition) is 0. The molecular weight excluding hydrogens is 588 g/mol. The van der Waals surface area contributed by atoms with Gasteiger partial charge >= 0.3 is 0 Å². The van der Waals surface area contributed by atoms with Crippen molar-refractivity contribution in [2.75, 3.05) is 20.8 Å². The van der Waals surface area contributed by atoms with E-state index in [1.54, 1.807) is 38.7 Å². The van der Waals surface area contributed by atoms with Crippen molar-refractivity contribution in [2.24, 2.45) is 0 Å². The van der Waals surface area contributed by atoms with Crippen molar-refractivity contribution in [1.29, 1.82) is 0 Å². The summed E-state index contributed by atoms with van der Waals surface area (Å²) in [5.41, 5.74) is 6.76. The molecule has 0 radical (unpaired) electrons. The van der Waals surface area contributed by atoms with Crippen LogP contribution in [-0.4, -0.2) is 36.6 Å². The largest absolute Gasteiger partial charge is 0.493 e. The molecule has 0 aliphatic carbocycles. The lowest BCUT2D eigenvalue weighted by molar-refractivity contribution is 0.0700. The van der Waals surface area contributed by atoms with E-state index in [4.69, 9.17) is 18.9 Å². The Morgan fingerprint density at radius 2 is 1.45 bits per heavy atom. The van der Waals surface area contributed by atoms with Gasteiger partial charge in [-0.1, -0.05) is 72.8 Å². The lowest BCUT2D eigenvalue weighted by Crippen LogP contribution is -2.39. The van der Waals surface area contributed by atoms with Gasteiger partial charge in [-0.15, -0.1) is 0 Å². The molecule has 4 aromatic carbocycles. The summed E-state index contributed by atoms with van der Waals surface area (Å²) in [7, 11) is 3.28. The van der Waals surface area contributed by atoms with E-state index in [9.17, 15) is 4.79 Å². The predicted octanol–water partition coefficient (Wildman–Crippen LogP) is 8.02. The highest BCUT2D eigenvalue weighted by molar-refractivity contribution is 5.94. The van der Waals surface area contributed by atoms with Gasteiger partial charge in [0.15, 0.2) is 23.0 Å². The van der Waals surface area contributed by atoms with Crippen molar-refractivity contribution in [3.8, 4) is 23.0 Å². The van der Waals surface area contributed by atoms with Gasteiger partial charge in [0, 0.05) is 18.9 Å². The van der Waals surface area contributed by atoms with Crippen LogP contribution in [0.5, 0.6) is 23.0 Å². The smallest absolute Gasteiger partial charge is 0.256 e. The van der Waals surface area contributed by atoms with Crippen molar-refractivity contribution in [3.05, 3.63) is 154 Å². The minimum atomic E-state index is -0.362. The zero-order chi connectivity index (χ0) is 32.6. The zero-order valence-corrected chi connectivity index (χ0v) is 26.9. The minimum Gasteiger partial charge on any atom is -0.493 e. The van der Waals surface area contributed by atoms with E-state index in [0.29, 0.717) is 54.7 Å². The average Bonchev–Trinajstić information content (AvgIpc) is 3.13. The molecule has 0 saturated carbocycles. The van der Waals surface area contributed by atoms with Gasteiger partial charge in [-0.3, -0.25) is 9.78 Å². The standard InChI is InChI=1S/C40H38N2O5/c1-28-21-36(44-2)38(46-26-29-11-6-4-7-12-29)22-31(28)16-17-35-34-24-37(45-3)39(47-27-30-13-8-5-9-14-30)23-32(34)18-20-42(35)40(43)33-15-10-19-41-25-33/h4-17,19,21-25,35H,18,20,26-27H2,1-3H3/b17-16+. The summed E-state index contributed by atoms with van der Waals surface area (Å²) < 4.78 is 23.9. The zero-order valence-electron chi connectivity index (χ0n) is 26.9. The summed E-state index contributed by atoms with van der Waals surface area (Å²) in [4.78, 5) is 20.0. The fraction of sp³-hybridized carbons (Fsp3) is 0.200. The van der Waals surface area contributed by atoms with E-state index in [0.717, 1.165) is 33.4 Å². The lowest BCUT2D eigenvalue weighted by Gasteiger charge is -2.36. The van der Waals surface area contributed by atoms with Crippen LogP contribution in [0.3, 0.4) is 0 Å². The number of aryl methyl sites for hydroxylation is 1. The number of nitrogens with zero attached hydrogens (tertiary/aromatic N) is 2. The lowest BCUT2D eigenvalue weighted by atomic mass is 9.90. The SMILES string of the molecule is COc1cc(C)c(/C=C/C2c3cc(OC)c(OCc4ccccc4)cc3CCN2C(=O)c2cccnc2)cc1OCc1ccccc1. The highest BCUT2D eigenvalue weighted by atomic mass is 16.5. The van der Waals surface area contributed by atoms with Gasteiger partial charge in [-0.05, 0) is 83.1 Å². The Morgan fingerprint density at radius 3 is 2.06 bits per heavy atom. The molecule has 238 valence electrons. The van der Waals surface area contributed by atoms with Crippen LogP contribution in [0.15, 0.2) is 116 Å². The molecule has 0 N–H and O–H groups in total. The van der Waals surface area contributed by atoms with E-state index in [2.05, 4.69) is 23.2 Å². The topological polar surface area (TPSA) is 70.1 Å². The third-order valence-corrected chi connectivity index (χ3v) is 8.36. The Kier molecular flexibility index (Phi) is 9.82. The van der Waals surface area contributed by atoms with Crippen LogP contribution in [0.4, 0.5) is 0 Å². The van der Waals surface area contributed by atoms with E-state index in [1.807, 2.05) is 90.7 Å². The molecule has 1 unspecified atom stereocenters. The Hall–Kier alpha value is -5.56. The molecule has 1 aliphatic heterocycles. The Balaban J connectivity index is 1.35. The first-order valence-electron chi connectivity index (χ1n) is 15.7. The molecule has 1 aromatic heterocycles. The number of aromatic nitrogens is 1. The van der Waals surface area contributed by atoms with Gasteiger partial charge in [0.1, 0.15) is 13.2 Å². The molecular formula is C40H38N2O5. The number of carbonyl (C=O) groups excluding carboxylic acids is 1. The van der Waals surface area contributed by atoms with Gasteiger partial charge < -0.3 is 23.8 Å². The normalized spacial score (nSPS) is 14.0. The third-order valence-electron chi connectivity index (χ3n) is 8.36. The maximum absolute atomic E-state index is 13.9. The van der Waals surface area contributed by atoms with E-state index in [-0.39, 0.29) is 11.9 Å². The monoisotopic (exact) mass is 626 g/mol. The highest BCUT2D eigenvalue weighted by Gasteiger charge is 2.31. The number of rotatable bonds is 11. The van der Waals surface area contributed by atoms with Crippen molar-refractivity contribution in [2.45, 2.75) is 32.6 Å². The van der Waals surface area contributed by atoms with Crippen LogP contribution in [0.25, 0.3) is 6.08 Å². The Morgan fingerprint density at radius 1 is 0.809 bits per heavy atom. The number of benzene rings is 4. The second kappa shape index (κ2) is 14.7. The summed E-state index contributed by atoms with van der Waals surface area (Å²) in [6, 6.07) is 31.3. The minimum absolute atomic E-state index is 0.0832. The summed E-state index contributed by atoms with van der Waals surface area (Å²) >= 11 is 0. The highest BCUT2D eigenvalue weighted by Crippen LogP contribution is 2.40. The van der Waals surface area contributed by atoms with Crippen LogP contribution < -0.4 is 18.9 Å². The average molecular weight is 627 g/mol. The molecule has 1 atom stereocenters. The van der Waals surface area contributed by atoms with Crippen LogP contribution in [0.1, 0.15) is 49.8 Å². The van der Waals surface area contributed by atoms with Crippen molar-refractivity contribution in [3.63, 3.8) is 0 Å². The van der Waals surface area contributed by atoms with Gasteiger partial charge in [-0.25, -0.2) is 0 Å². The fourth-order valence-corrected chi connectivity index (χ4v) is 5.81. The molecule has 5 aromatic rings. The summed E-state index contributed by atoms with van der Waals surface area (Å²) in [5.74, 6) is 2.53. The quantitative estimate of drug-likeness (QED) is 0.148. The predicted molar refractivity (Wildman–Crippen MR) is 183 cm³/mol. The molecule has 0 fully saturated rings. The first-order chi connectivity index (χ1) is 23.0. The van der Waals surface area contributed by atoms with E-state index >= 15 is 0 Å². The first-order valence-corrected chi connectivity index (χ1v) is 15.7. The molecule has 0 spiro atoms. The third kappa shape index (κ3) is 7.31. The number of fused-ring (bicyclic) bond motifs is 1. The van der Waals surface area contributed by atoms with E-state index < -0.39 is 0 Å². The molecule has 2 heterocycles. The van der Waals surface area contributed by atoms with Crippen LogP contribution >= 0.6 is 0 Å². The van der Waals surface area contributed by atoms with Gasteiger partial charge in [-0.2, -0.15) is 0 Å². The number of ether oxygens (including phenoxy) is 4. The molecule has 7 nitrogen and oxygen atoms in total. The maximum atomic E-state index is 13.9. The summed E-state index contributed by atoms with van der Waals surface area (Å²) in [5, 5.41) is 0. The fourth-order valence-electron chi connectivity index (χ4n) is 5.81. The first kappa shape index (κ1) is 31.4. The van der Waals surface area contributed by atoms with Gasteiger partial charge in [0.2, 0.25) is 0 Å². The van der Waals surface area contributed by atoms with Gasteiger partial charge in [0.05, 0.1) is 25.8 Å². The Bertz CT molecular complexity index is 1840. The molecule has 7 heteroatoms. The van der Waals surface area contributed by atoms with Crippen LogP contribution in [-0.2, 0) is 19.6 Å².